The van der Waals surface area contributed by atoms with Crippen LogP contribution in [-0.4, -0.2) is 40.8 Å². The number of hydrogen-bond acceptors (Lipinski definition) is 4. The lowest BCUT2D eigenvalue weighted by Crippen LogP contribution is -2.49. The number of piperidine rings is 1. The van der Waals surface area contributed by atoms with E-state index in [-0.39, 0.29) is 17.9 Å². The number of halogens is 2. The first kappa shape index (κ1) is 18.2. The summed E-state index contributed by atoms with van der Waals surface area (Å²) in [6, 6.07) is 5.20. The van der Waals surface area contributed by atoms with Gasteiger partial charge < -0.3 is 10.2 Å². The summed E-state index contributed by atoms with van der Waals surface area (Å²) in [5.74, 6) is -0.199. The van der Waals surface area contributed by atoms with E-state index in [0.717, 1.165) is 18.4 Å². The van der Waals surface area contributed by atoms with E-state index in [4.69, 9.17) is 23.2 Å². The van der Waals surface area contributed by atoms with Gasteiger partial charge in [0.1, 0.15) is 10.7 Å². The van der Waals surface area contributed by atoms with E-state index in [1.807, 2.05) is 0 Å². The number of carbonyl (C=O) groups is 2. The third kappa shape index (κ3) is 4.32. The summed E-state index contributed by atoms with van der Waals surface area (Å²) >= 11 is 13.5. The Bertz CT molecular complexity index is 809. The Hall–Kier alpha value is -1.63. The molecule has 2 heterocycles. The minimum Gasteiger partial charge on any atom is -0.352 e. The van der Waals surface area contributed by atoms with Crippen LogP contribution in [-0.2, 0) is 4.79 Å². The van der Waals surface area contributed by atoms with Crippen molar-refractivity contribution in [3.8, 4) is 10.6 Å². The van der Waals surface area contributed by atoms with Gasteiger partial charge in [0.15, 0.2) is 0 Å². The molecule has 1 atom stereocenters. The highest BCUT2D eigenvalue weighted by Crippen LogP contribution is 2.32. The van der Waals surface area contributed by atoms with E-state index in [1.54, 1.807) is 28.5 Å². The Morgan fingerprint density at radius 3 is 2.88 bits per heavy atom. The number of hydrogen-bond donors (Lipinski definition) is 1. The lowest BCUT2D eigenvalue weighted by Gasteiger charge is -2.32. The SMILES string of the molecule is CC(=O)NC1CCCN(C(=O)c2csc(-c3ccc(Cl)cc3Cl)n2)C1. The molecule has 8 heteroatoms. The Morgan fingerprint density at radius 2 is 2.16 bits per heavy atom. The number of benzene rings is 1. The molecule has 1 unspecified atom stereocenters. The fraction of sp³-hybridized carbons (Fsp3) is 0.353. The van der Waals surface area contributed by atoms with Crippen molar-refractivity contribution >= 4 is 46.4 Å². The van der Waals surface area contributed by atoms with Gasteiger partial charge in [0, 0.05) is 42.0 Å². The van der Waals surface area contributed by atoms with Gasteiger partial charge in [-0.25, -0.2) is 4.98 Å². The molecule has 0 spiro atoms. The van der Waals surface area contributed by atoms with Crippen molar-refractivity contribution in [1.29, 1.82) is 0 Å². The Balaban J connectivity index is 1.75. The van der Waals surface area contributed by atoms with Crippen LogP contribution in [0.5, 0.6) is 0 Å². The molecule has 0 radical (unpaired) electrons. The summed E-state index contributed by atoms with van der Waals surface area (Å²) in [6.45, 7) is 2.67. The molecule has 1 aliphatic rings. The number of likely N-dealkylation sites (tertiary alicyclic amines) is 1. The van der Waals surface area contributed by atoms with Crippen molar-refractivity contribution in [1.82, 2.24) is 15.2 Å². The third-order valence-corrected chi connectivity index (χ3v) is 5.42. The van der Waals surface area contributed by atoms with Gasteiger partial charge in [-0.3, -0.25) is 9.59 Å². The molecule has 1 aromatic heterocycles. The standard InChI is InChI=1S/C17H17Cl2N3O2S/c1-10(23)20-12-3-2-6-22(8-12)17(24)15-9-25-16(21-15)13-5-4-11(18)7-14(13)19/h4-5,7,9,12H,2-3,6,8H2,1H3,(H,20,23). The summed E-state index contributed by atoms with van der Waals surface area (Å²) in [4.78, 5) is 30.1. The van der Waals surface area contributed by atoms with Crippen molar-refractivity contribution < 1.29 is 9.59 Å². The third-order valence-electron chi connectivity index (χ3n) is 4.00. The van der Waals surface area contributed by atoms with E-state index < -0.39 is 0 Å². The minimum atomic E-state index is -0.123. The lowest BCUT2D eigenvalue weighted by molar-refractivity contribution is -0.120. The zero-order chi connectivity index (χ0) is 18.0. The molecule has 1 fully saturated rings. The second kappa shape index (κ2) is 7.72. The lowest BCUT2D eigenvalue weighted by atomic mass is 10.1. The zero-order valence-electron chi connectivity index (χ0n) is 13.6. The molecular formula is C17H17Cl2N3O2S. The summed E-state index contributed by atoms with van der Waals surface area (Å²) in [6.07, 6.45) is 1.74. The molecule has 2 aromatic rings. The van der Waals surface area contributed by atoms with Crippen LogP contribution in [0.25, 0.3) is 10.6 Å². The molecule has 5 nitrogen and oxygen atoms in total. The van der Waals surface area contributed by atoms with Crippen LogP contribution in [0.4, 0.5) is 0 Å². The van der Waals surface area contributed by atoms with E-state index in [1.165, 1.54) is 18.3 Å². The van der Waals surface area contributed by atoms with Gasteiger partial charge in [-0.1, -0.05) is 23.2 Å². The van der Waals surface area contributed by atoms with Gasteiger partial charge in [0.05, 0.1) is 5.02 Å². The quantitative estimate of drug-likeness (QED) is 0.854. The van der Waals surface area contributed by atoms with Crippen molar-refractivity contribution in [3.05, 3.63) is 39.3 Å². The van der Waals surface area contributed by atoms with Gasteiger partial charge in [0.2, 0.25) is 5.91 Å². The molecule has 0 aliphatic carbocycles. The summed E-state index contributed by atoms with van der Waals surface area (Å²) in [7, 11) is 0. The van der Waals surface area contributed by atoms with Crippen LogP contribution in [0.15, 0.2) is 23.6 Å². The predicted molar refractivity (Wildman–Crippen MR) is 100 cm³/mol. The second-order valence-corrected chi connectivity index (χ2v) is 7.65. The molecule has 25 heavy (non-hydrogen) atoms. The highest BCUT2D eigenvalue weighted by molar-refractivity contribution is 7.13. The van der Waals surface area contributed by atoms with E-state index in [9.17, 15) is 9.59 Å². The molecule has 2 amide bonds. The molecule has 0 saturated carbocycles. The predicted octanol–water partition coefficient (Wildman–Crippen LogP) is 3.86. The molecule has 0 bridgehead atoms. The second-order valence-electron chi connectivity index (χ2n) is 5.95. The molecule has 1 aliphatic heterocycles. The van der Waals surface area contributed by atoms with Crippen LogP contribution < -0.4 is 5.32 Å². The fourth-order valence-electron chi connectivity index (χ4n) is 2.89. The maximum atomic E-state index is 12.7. The number of rotatable bonds is 3. The van der Waals surface area contributed by atoms with Gasteiger partial charge >= 0.3 is 0 Å². The molecule has 1 saturated heterocycles. The molecule has 132 valence electrons. The van der Waals surface area contributed by atoms with Crippen molar-refractivity contribution in [3.63, 3.8) is 0 Å². The summed E-state index contributed by atoms with van der Waals surface area (Å²) in [5.41, 5.74) is 1.15. The number of aromatic nitrogens is 1. The van der Waals surface area contributed by atoms with Crippen molar-refractivity contribution in [2.24, 2.45) is 0 Å². The van der Waals surface area contributed by atoms with E-state index >= 15 is 0 Å². The smallest absolute Gasteiger partial charge is 0.273 e. The summed E-state index contributed by atoms with van der Waals surface area (Å²) < 4.78 is 0. The van der Waals surface area contributed by atoms with Crippen LogP contribution in [0.3, 0.4) is 0 Å². The average molecular weight is 398 g/mol. The number of nitrogens with one attached hydrogen (secondary N) is 1. The highest BCUT2D eigenvalue weighted by atomic mass is 35.5. The van der Waals surface area contributed by atoms with E-state index in [0.29, 0.717) is 33.8 Å². The largest absolute Gasteiger partial charge is 0.352 e. The van der Waals surface area contributed by atoms with Crippen molar-refractivity contribution in [2.45, 2.75) is 25.8 Å². The molecule has 3 rings (SSSR count). The van der Waals surface area contributed by atoms with Gasteiger partial charge in [-0.05, 0) is 31.0 Å². The average Bonchev–Trinajstić information content (AvgIpc) is 3.03. The highest BCUT2D eigenvalue weighted by Gasteiger charge is 2.26. The zero-order valence-corrected chi connectivity index (χ0v) is 15.9. The Labute approximate surface area is 160 Å². The van der Waals surface area contributed by atoms with Gasteiger partial charge in [0.25, 0.3) is 5.91 Å². The first-order valence-electron chi connectivity index (χ1n) is 7.91. The topological polar surface area (TPSA) is 62.3 Å². The number of thiazole rings is 1. The molecule has 1 aromatic carbocycles. The molecule has 1 N–H and O–H groups in total. The maximum absolute atomic E-state index is 12.7. The van der Waals surface area contributed by atoms with Gasteiger partial charge in [-0.2, -0.15) is 0 Å². The minimum absolute atomic E-state index is 0.000911. The van der Waals surface area contributed by atoms with Crippen LogP contribution >= 0.6 is 34.5 Å². The van der Waals surface area contributed by atoms with Crippen LogP contribution in [0.1, 0.15) is 30.3 Å². The maximum Gasteiger partial charge on any atom is 0.273 e. The summed E-state index contributed by atoms with van der Waals surface area (Å²) in [5, 5.41) is 6.36. The number of nitrogens with zero attached hydrogens (tertiary/aromatic N) is 2. The normalized spacial score (nSPS) is 17.4. The fourth-order valence-corrected chi connectivity index (χ4v) is 4.27. The van der Waals surface area contributed by atoms with Crippen LogP contribution in [0.2, 0.25) is 10.0 Å². The first-order chi connectivity index (χ1) is 11.9. The van der Waals surface area contributed by atoms with Gasteiger partial charge in [-0.15, -0.1) is 11.3 Å². The van der Waals surface area contributed by atoms with Crippen LogP contribution in [0, 0.1) is 0 Å². The molecular weight excluding hydrogens is 381 g/mol. The monoisotopic (exact) mass is 397 g/mol. The first-order valence-corrected chi connectivity index (χ1v) is 9.55. The van der Waals surface area contributed by atoms with E-state index in [2.05, 4.69) is 10.3 Å². The Kier molecular flexibility index (Phi) is 5.61. The van der Waals surface area contributed by atoms with Crippen molar-refractivity contribution in [2.75, 3.05) is 13.1 Å². The number of carbonyl (C=O) groups excluding carboxylic acids is 2. The Morgan fingerprint density at radius 1 is 1.36 bits per heavy atom. The number of amides is 2.